The van der Waals surface area contributed by atoms with Crippen LogP contribution >= 0.6 is 11.5 Å². The summed E-state index contributed by atoms with van der Waals surface area (Å²) in [6.07, 6.45) is 0.0209. The van der Waals surface area contributed by atoms with Crippen LogP contribution in [0.3, 0.4) is 0 Å². The Labute approximate surface area is 118 Å². The van der Waals surface area contributed by atoms with E-state index in [9.17, 15) is 0 Å². The maximum absolute atomic E-state index is 5.51. The number of rotatable bonds is 6. The second-order valence-electron chi connectivity index (χ2n) is 4.63. The van der Waals surface area contributed by atoms with Gasteiger partial charge >= 0.3 is 0 Å². The first kappa shape index (κ1) is 14.0. The van der Waals surface area contributed by atoms with E-state index in [-0.39, 0.29) is 6.10 Å². The van der Waals surface area contributed by atoms with Gasteiger partial charge in [-0.15, -0.1) is 0 Å². The van der Waals surface area contributed by atoms with Crippen LogP contribution in [0.2, 0.25) is 0 Å². The van der Waals surface area contributed by atoms with Gasteiger partial charge < -0.3 is 10.1 Å². The quantitative estimate of drug-likeness (QED) is 0.878. The second-order valence-corrected chi connectivity index (χ2v) is 5.38. The van der Waals surface area contributed by atoms with Crippen molar-refractivity contribution in [3.63, 3.8) is 0 Å². The van der Waals surface area contributed by atoms with Gasteiger partial charge in [0, 0.05) is 31.1 Å². The third-order valence-electron chi connectivity index (χ3n) is 2.85. The molecule has 0 aliphatic heterocycles. The summed E-state index contributed by atoms with van der Waals surface area (Å²) in [6, 6.07) is 10.2. The Morgan fingerprint density at radius 3 is 2.58 bits per heavy atom. The largest absolute Gasteiger partial charge is 0.375 e. The summed E-state index contributed by atoms with van der Waals surface area (Å²) >= 11 is 1.40. The van der Waals surface area contributed by atoms with Crippen LogP contribution in [0.15, 0.2) is 30.3 Å². The number of anilines is 1. The fourth-order valence-corrected chi connectivity index (χ4v) is 2.44. The SMILES string of the molecule is COC(CNc1nc(C(C)C)ns1)c1ccccc1. The van der Waals surface area contributed by atoms with E-state index in [4.69, 9.17) is 4.74 Å². The molecule has 0 saturated heterocycles. The van der Waals surface area contributed by atoms with E-state index in [1.54, 1.807) is 7.11 Å². The number of hydrogen-bond acceptors (Lipinski definition) is 5. The molecule has 1 aromatic carbocycles. The van der Waals surface area contributed by atoms with Gasteiger partial charge in [-0.05, 0) is 5.56 Å². The van der Waals surface area contributed by atoms with Crippen LogP contribution in [-0.4, -0.2) is 23.0 Å². The predicted octanol–water partition coefficient (Wildman–Crippen LogP) is 3.46. The number of methoxy groups -OCH3 is 1. The molecule has 0 aliphatic rings. The Bertz CT molecular complexity index is 498. The first-order valence-corrected chi connectivity index (χ1v) is 7.13. The van der Waals surface area contributed by atoms with Crippen LogP contribution in [0.4, 0.5) is 5.13 Å². The van der Waals surface area contributed by atoms with Gasteiger partial charge in [0.15, 0.2) is 0 Å². The van der Waals surface area contributed by atoms with Gasteiger partial charge in [0.05, 0.1) is 6.10 Å². The van der Waals surface area contributed by atoms with Gasteiger partial charge in [-0.25, -0.2) is 4.98 Å². The number of nitrogens with one attached hydrogen (secondary N) is 1. The zero-order valence-corrected chi connectivity index (χ0v) is 12.3. The van der Waals surface area contributed by atoms with Crippen molar-refractivity contribution in [2.75, 3.05) is 19.0 Å². The maximum atomic E-state index is 5.51. The number of ether oxygens (including phenoxy) is 1. The zero-order valence-electron chi connectivity index (χ0n) is 11.5. The molecule has 0 radical (unpaired) electrons. The smallest absolute Gasteiger partial charge is 0.202 e. The zero-order chi connectivity index (χ0) is 13.7. The lowest BCUT2D eigenvalue weighted by Crippen LogP contribution is -2.14. The lowest BCUT2D eigenvalue weighted by atomic mass is 10.1. The van der Waals surface area contributed by atoms with E-state index in [2.05, 4.69) is 40.7 Å². The third kappa shape index (κ3) is 3.75. The molecule has 0 spiro atoms. The van der Waals surface area contributed by atoms with Crippen LogP contribution in [-0.2, 0) is 4.74 Å². The summed E-state index contributed by atoms with van der Waals surface area (Å²) in [5, 5.41) is 4.14. The molecule has 102 valence electrons. The number of hydrogen-bond donors (Lipinski definition) is 1. The van der Waals surface area contributed by atoms with Crippen molar-refractivity contribution in [1.29, 1.82) is 0 Å². The standard InChI is InChI=1S/C14H19N3OS/c1-10(2)13-16-14(19-17-13)15-9-12(18-3)11-7-5-4-6-8-11/h4-8,10,12H,9H2,1-3H3,(H,15,16,17). The molecule has 2 aromatic rings. The molecule has 0 saturated carbocycles. The van der Waals surface area contributed by atoms with E-state index in [1.165, 1.54) is 11.5 Å². The molecular weight excluding hydrogens is 258 g/mol. The lowest BCUT2D eigenvalue weighted by molar-refractivity contribution is 0.114. The van der Waals surface area contributed by atoms with Gasteiger partial charge in [-0.2, -0.15) is 4.37 Å². The third-order valence-corrected chi connectivity index (χ3v) is 3.54. The monoisotopic (exact) mass is 277 g/mol. The first-order chi connectivity index (χ1) is 9.20. The van der Waals surface area contributed by atoms with Gasteiger partial charge in [-0.1, -0.05) is 44.2 Å². The maximum Gasteiger partial charge on any atom is 0.202 e. The highest BCUT2D eigenvalue weighted by Crippen LogP contribution is 2.20. The molecule has 0 aliphatic carbocycles. The van der Waals surface area contributed by atoms with Crippen LogP contribution in [0, 0.1) is 0 Å². The lowest BCUT2D eigenvalue weighted by Gasteiger charge is -2.15. The molecule has 1 N–H and O–H groups in total. The molecule has 1 atom stereocenters. The van der Waals surface area contributed by atoms with Gasteiger partial charge in [0.2, 0.25) is 5.13 Å². The average Bonchev–Trinajstić information content (AvgIpc) is 2.90. The first-order valence-electron chi connectivity index (χ1n) is 6.36. The fourth-order valence-electron chi connectivity index (χ4n) is 1.73. The summed E-state index contributed by atoms with van der Waals surface area (Å²) in [4.78, 5) is 4.45. The van der Waals surface area contributed by atoms with E-state index in [0.717, 1.165) is 16.5 Å². The van der Waals surface area contributed by atoms with Crippen LogP contribution in [0.1, 0.15) is 37.3 Å². The Hall–Kier alpha value is -1.46. The summed E-state index contributed by atoms with van der Waals surface area (Å²) in [5.41, 5.74) is 1.16. The summed E-state index contributed by atoms with van der Waals surface area (Å²) in [6.45, 7) is 4.87. The van der Waals surface area contributed by atoms with Gasteiger partial charge in [-0.3, -0.25) is 0 Å². The van der Waals surface area contributed by atoms with Crippen molar-refractivity contribution >= 4 is 16.7 Å². The van der Waals surface area contributed by atoms with Crippen molar-refractivity contribution in [2.45, 2.75) is 25.9 Å². The number of aromatic nitrogens is 2. The molecule has 0 fully saturated rings. The second kappa shape index (κ2) is 6.63. The van der Waals surface area contributed by atoms with Crippen molar-refractivity contribution in [3.05, 3.63) is 41.7 Å². The van der Waals surface area contributed by atoms with E-state index >= 15 is 0 Å². The van der Waals surface area contributed by atoms with Gasteiger partial charge in [0.1, 0.15) is 5.82 Å². The van der Waals surface area contributed by atoms with Crippen LogP contribution in [0.25, 0.3) is 0 Å². The highest BCUT2D eigenvalue weighted by Gasteiger charge is 2.12. The Morgan fingerprint density at radius 1 is 1.26 bits per heavy atom. The molecule has 1 heterocycles. The van der Waals surface area contributed by atoms with Crippen molar-refractivity contribution in [3.8, 4) is 0 Å². The predicted molar refractivity (Wildman–Crippen MR) is 78.7 cm³/mol. The minimum atomic E-state index is 0.0209. The summed E-state index contributed by atoms with van der Waals surface area (Å²) in [5.74, 6) is 1.25. The summed E-state index contributed by atoms with van der Waals surface area (Å²) < 4.78 is 9.83. The van der Waals surface area contributed by atoms with Crippen molar-refractivity contribution in [1.82, 2.24) is 9.36 Å². The molecule has 2 rings (SSSR count). The van der Waals surface area contributed by atoms with E-state index in [0.29, 0.717) is 12.5 Å². The highest BCUT2D eigenvalue weighted by molar-refractivity contribution is 7.09. The minimum Gasteiger partial charge on any atom is -0.375 e. The minimum absolute atomic E-state index is 0.0209. The Morgan fingerprint density at radius 2 is 2.00 bits per heavy atom. The molecule has 4 nitrogen and oxygen atoms in total. The summed E-state index contributed by atoms with van der Waals surface area (Å²) in [7, 11) is 1.72. The number of nitrogens with zero attached hydrogens (tertiary/aromatic N) is 2. The van der Waals surface area contributed by atoms with Crippen LogP contribution < -0.4 is 5.32 Å². The number of benzene rings is 1. The molecule has 0 amide bonds. The molecule has 0 bridgehead atoms. The molecule has 19 heavy (non-hydrogen) atoms. The topological polar surface area (TPSA) is 47.0 Å². The van der Waals surface area contributed by atoms with E-state index in [1.807, 2.05) is 18.2 Å². The van der Waals surface area contributed by atoms with Crippen LogP contribution in [0.5, 0.6) is 0 Å². The fraction of sp³-hybridized carbons (Fsp3) is 0.429. The Balaban J connectivity index is 1.96. The average molecular weight is 277 g/mol. The Kier molecular flexibility index (Phi) is 4.87. The van der Waals surface area contributed by atoms with Crippen molar-refractivity contribution in [2.24, 2.45) is 0 Å². The van der Waals surface area contributed by atoms with Gasteiger partial charge in [0.25, 0.3) is 0 Å². The highest BCUT2D eigenvalue weighted by atomic mass is 32.1. The molecule has 1 unspecified atom stereocenters. The normalized spacial score (nSPS) is 12.6. The van der Waals surface area contributed by atoms with Crippen molar-refractivity contribution < 1.29 is 4.74 Å². The molecule has 1 aromatic heterocycles. The molecular formula is C14H19N3OS. The van der Waals surface area contributed by atoms with E-state index < -0.39 is 0 Å². The molecule has 5 heteroatoms.